The van der Waals surface area contributed by atoms with Gasteiger partial charge in [-0.1, -0.05) is 24.3 Å². The Bertz CT molecular complexity index is 576. The number of non-ortho nitro benzene ring substituents is 1. The van der Waals surface area contributed by atoms with Crippen molar-refractivity contribution >= 4 is 12.0 Å². The lowest BCUT2D eigenvalue weighted by Gasteiger charge is -2.06. The summed E-state index contributed by atoms with van der Waals surface area (Å²) in [5.74, 6) is 0. The average Bonchev–Trinajstić information content (AvgIpc) is 2.40. The second kappa shape index (κ2) is 5.23. The van der Waals surface area contributed by atoms with Crippen LogP contribution in [0, 0.1) is 10.1 Å². The Balaban J connectivity index is 2.42. The fraction of sp³-hybridized carbons (Fsp3) is 0.0714. The van der Waals surface area contributed by atoms with Crippen LogP contribution in [0.5, 0.6) is 0 Å². The fourth-order valence-electron chi connectivity index (χ4n) is 1.83. The second-order valence-corrected chi connectivity index (χ2v) is 3.83. The first-order valence-corrected chi connectivity index (χ1v) is 5.48. The number of rotatable bonds is 4. The molecule has 0 spiro atoms. The summed E-state index contributed by atoms with van der Waals surface area (Å²) in [6, 6.07) is 13.9. The molecule has 2 aromatic rings. The quantitative estimate of drug-likeness (QED) is 0.469. The molecule has 4 heteroatoms. The van der Waals surface area contributed by atoms with E-state index in [1.807, 2.05) is 24.3 Å². The van der Waals surface area contributed by atoms with Crippen molar-refractivity contribution in [1.82, 2.24) is 0 Å². The molecule has 0 saturated carbocycles. The van der Waals surface area contributed by atoms with Crippen molar-refractivity contribution in [3.05, 3.63) is 64.2 Å². The first kappa shape index (κ1) is 12.0. The molecule has 0 N–H and O–H groups in total. The lowest BCUT2D eigenvalue weighted by atomic mass is 9.98. The number of benzene rings is 2. The van der Waals surface area contributed by atoms with Gasteiger partial charge < -0.3 is 4.79 Å². The lowest BCUT2D eigenvalue weighted by Crippen LogP contribution is -1.91. The van der Waals surface area contributed by atoms with E-state index in [-0.39, 0.29) is 5.69 Å². The summed E-state index contributed by atoms with van der Waals surface area (Å²) in [4.78, 5) is 20.8. The molecule has 90 valence electrons. The number of carbonyl (C=O) groups is 1. The molecule has 0 aliphatic heterocycles. The monoisotopic (exact) mass is 241 g/mol. The zero-order valence-electron chi connectivity index (χ0n) is 9.58. The van der Waals surface area contributed by atoms with E-state index in [4.69, 9.17) is 0 Å². The van der Waals surface area contributed by atoms with Crippen molar-refractivity contribution in [2.24, 2.45) is 0 Å². The largest absolute Gasteiger partial charge is 0.303 e. The van der Waals surface area contributed by atoms with Crippen molar-refractivity contribution in [3.8, 4) is 11.1 Å². The van der Waals surface area contributed by atoms with Gasteiger partial charge in [-0.25, -0.2) is 0 Å². The molecule has 0 aromatic heterocycles. The molecule has 0 bridgehead atoms. The Morgan fingerprint density at radius 1 is 1.06 bits per heavy atom. The molecule has 0 aliphatic rings. The maximum absolute atomic E-state index is 10.6. The minimum absolute atomic E-state index is 0.0617. The van der Waals surface area contributed by atoms with Crippen LogP contribution in [0.25, 0.3) is 11.1 Å². The molecule has 0 aliphatic carbocycles. The van der Waals surface area contributed by atoms with E-state index >= 15 is 0 Å². The van der Waals surface area contributed by atoms with Gasteiger partial charge in [0.15, 0.2) is 0 Å². The molecule has 0 radical (unpaired) electrons. The first-order valence-electron chi connectivity index (χ1n) is 5.48. The molecular formula is C14H11NO3. The van der Waals surface area contributed by atoms with Crippen molar-refractivity contribution in [3.63, 3.8) is 0 Å². The minimum Gasteiger partial charge on any atom is -0.303 e. The molecule has 0 heterocycles. The topological polar surface area (TPSA) is 60.2 Å². The van der Waals surface area contributed by atoms with Crippen LogP contribution >= 0.6 is 0 Å². The molecule has 2 rings (SSSR count). The van der Waals surface area contributed by atoms with Gasteiger partial charge in [0.1, 0.15) is 6.29 Å². The molecule has 18 heavy (non-hydrogen) atoms. The summed E-state index contributed by atoms with van der Waals surface area (Å²) < 4.78 is 0. The molecule has 0 fully saturated rings. The molecule has 2 aromatic carbocycles. The number of aldehydes is 1. The SMILES string of the molecule is O=CCc1ccccc1-c1ccc([N+](=O)[O-])cc1. The summed E-state index contributed by atoms with van der Waals surface area (Å²) in [7, 11) is 0. The second-order valence-electron chi connectivity index (χ2n) is 3.83. The van der Waals surface area contributed by atoms with Crippen molar-refractivity contribution in [1.29, 1.82) is 0 Å². The highest BCUT2D eigenvalue weighted by Crippen LogP contribution is 2.25. The highest BCUT2D eigenvalue weighted by atomic mass is 16.6. The van der Waals surface area contributed by atoms with Crippen LogP contribution in [0.2, 0.25) is 0 Å². The molecule has 0 saturated heterocycles. The zero-order valence-corrected chi connectivity index (χ0v) is 9.58. The van der Waals surface area contributed by atoms with Crippen molar-refractivity contribution in [2.45, 2.75) is 6.42 Å². The summed E-state index contributed by atoms with van der Waals surface area (Å²) >= 11 is 0. The van der Waals surface area contributed by atoms with Gasteiger partial charge in [0.05, 0.1) is 4.92 Å². The molecule has 0 amide bonds. The summed E-state index contributed by atoms with van der Waals surface area (Å²) in [5.41, 5.74) is 2.78. The summed E-state index contributed by atoms with van der Waals surface area (Å²) in [5, 5.41) is 10.6. The fourth-order valence-corrected chi connectivity index (χ4v) is 1.83. The van der Waals surface area contributed by atoms with Gasteiger partial charge in [0, 0.05) is 18.6 Å². The number of hydrogen-bond donors (Lipinski definition) is 0. The van der Waals surface area contributed by atoms with E-state index in [1.165, 1.54) is 12.1 Å². The predicted molar refractivity (Wildman–Crippen MR) is 68.3 cm³/mol. The molecule has 0 atom stereocenters. The molecular weight excluding hydrogens is 230 g/mol. The smallest absolute Gasteiger partial charge is 0.269 e. The average molecular weight is 241 g/mol. The van der Waals surface area contributed by atoms with Gasteiger partial charge in [-0.05, 0) is 28.8 Å². The number of carbonyl (C=O) groups excluding carboxylic acids is 1. The Labute approximate surface area is 104 Å². The van der Waals surface area contributed by atoms with E-state index in [0.29, 0.717) is 6.42 Å². The van der Waals surface area contributed by atoms with Gasteiger partial charge in [-0.15, -0.1) is 0 Å². The van der Waals surface area contributed by atoms with Gasteiger partial charge >= 0.3 is 0 Å². The Hall–Kier alpha value is -2.49. The van der Waals surface area contributed by atoms with E-state index in [1.54, 1.807) is 12.1 Å². The van der Waals surface area contributed by atoms with Crippen LogP contribution < -0.4 is 0 Å². The highest BCUT2D eigenvalue weighted by Gasteiger charge is 2.07. The maximum atomic E-state index is 10.6. The van der Waals surface area contributed by atoms with E-state index in [9.17, 15) is 14.9 Å². The third-order valence-electron chi connectivity index (χ3n) is 2.71. The van der Waals surface area contributed by atoms with Gasteiger partial charge in [0.25, 0.3) is 5.69 Å². The number of nitrogens with zero attached hydrogens (tertiary/aromatic N) is 1. The van der Waals surface area contributed by atoms with Crippen molar-refractivity contribution in [2.75, 3.05) is 0 Å². The van der Waals surface area contributed by atoms with Crippen LogP contribution in [0.4, 0.5) is 5.69 Å². The van der Waals surface area contributed by atoms with Crippen LogP contribution in [-0.2, 0) is 11.2 Å². The molecule has 0 unspecified atom stereocenters. The standard InChI is InChI=1S/C14H11NO3/c16-10-9-11-3-1-2-4-14(11)12-5-7-13(8-6-12)15(17)18/h1-8,10H,9H2. The Kier molecular flexibility index (Phi) is 3.48. The van der Waals surface area contributed by atoms with Gasteiger partial charge in [0.2, 0.25) is 0 Å². The van der Waals surface area contributed by atoms with E-state index in [2.05, 4.69) is 0 Å². The Morgan fingerprint density at radius 2 is 1.72 bits per heavy atom. The lowest BCUT2D eigenvalue weighted by molar-refractivity contribution is -0.384. The van der Waals surface area contributed by atoms with Crippen LogP contribution in [0.1, 0.15) is 5.56 Å². The zero-order chi connectivity index (χ0) is 13.0. The predicted octanol–water partition coefficient (Wildman–Crippen LogP) is 3.00. The molecule has 4 nitrogen and oxygen atoms in total. The van der Waals surface area contributed by atoms with Crippen molar-refractivity contribution < 1.29 is 9.72 Å². The third-order valence-corrected chi connectivity index (χ3v) is 2.71. The highest BCUT2D eigenvalue weighted by molar-refractivity contribution is 5.71. The van der Waals surface area contributed by atoms with Gasteiger partial charge in [-0.3, -0.25) is 10.1 Å². The first-order chi connectivity index (χ1) is 8.72. The number of nitro groups is 1. The summed E-state index contributed by atoms with van der Waals surface area (Å²) in [6.45, 7) is 0. The van der Waals surface area contributed by atoms with Crippen LogP contribution in [0.15, 0.2) is 48.5 Å². The van der Waals surface area contributed by atoms with Crippen LogP contribution in [-0.4, -0.2) is 11.2 Å². The Morgan fingerprint density at radius 3 is 2.33 bits per heavy atom. The van der Waals surface area contributed by atoms with Gasteiger partial charge in [-0.2, -0.15) is 0 Å². The van der Waals surface area contributed by atoms with E-state index in [0.717, 1.165) is 23.0 Å². The number of hydrogen-bond acceptors (Lipinski definition) is 3. The number of nitro benzene ring substituents is 1. The third kappa shape index (κ3) is 2.43. The summed E-state index contributed by atoms with van der Waals surface area (Å²) in [6.07, 6.45) is 1.19. The van der Waals surface area contributed by atoms with Crippen LogP contribution in [0.3, 0.4) is 0 Å². The van der Waals surface area contributed by atoms with E-state index < -0.39 is 4.92 Å². The maximum Gasteiger partial charge on any atom is 0.269 e. The minimum atomic E-state index is -0.429. The normalized spacial score (nSPS) is 10.0.